The monoisotopic (exact) mass is 361 g/mol. The quantitative estimate of drug-likeness (QED) is 0.741. The van der Waals surface area contributed by atoms with Crippen LogP contribution in [0.4, 0.5) is 0 Å². The van der Waals surface area contributed by atoms with Crippen molar-refractivity contribution in [1.82, 2.24) is 5.32 Å². The minimum atomic E-state index is -1.03. The number of benzene rings is 1. The van der Waals surface area contributed by atoms with E-state index in [-0.39, 0.29) is 6.61 Å². The number of hydrogen-bond acceptors (Lipinski definition) is 4. The van der Waals surface area contributed by atoms with Crippen LogP contribution in [0.1, 0.15) is 6.42 Å². The highest BCUT2D eigenvalue weighted by molar-refractivity contribution is 9.10. The molecular weight excluding hydrogens is 346 g/mol. The van der Waals surface area contributed by atoms with Crippen LogP contribution in [0.15, 0.2) is 28.7 Å². The topological polar surface area (TPSA) is 75.6 Å². The molecule has 0 radical (unpaired) electrons. The summed E-state index contributed by atoms with van der Waals surface area (Å²) in [6.45, 7) is -0.204. The van der Waals surface area contributed by atoms with E-state index in [4.69, 9.17) is 9.84 Å². The summed E-state index contributed by atoms with van der Waals surface area (Å²) in [5, 5.41) is 11.4. The van der Waals surface area contributed by atoms with Crippen molar-refractivity contribution in [3.63, 3.8) is 0 Å². The Morgan fingerprint density at radius 3 is 2.60 bits per heavy atom. The van der Waals surface area contributed by atoms with Gasteiger partial charge in [-0.1, -0.05) is 15.9 Å². The zero-order chi connectivity index (χ0) is 15.0. The first-order valence-corrected chi connectivity index (χ1v) is 8.11. The Morgan fingerprint density at radius 1 is 1.40 bits per heavy atom. The standard InChI is InChI=1S/C13H16BrNO4S/c1-20-7-6-11(13(17)18)15-12(16)8-19-10-4-2-9(14)3-5-10/h2-5,11H,6-8H2,1H3,(H,15,16)(H,17,18)/t11-/m0/s1. The molecule has 0 fully saturated rings. The molecule has 0 saturated carbocycles. The molecule has 0 aliphatic rings. The zero-order valence-corrected chi connectivity index (χ0v) is 13.4. The largest absolute Gasteiger partial charge is 0.484 e. The number of rotatable bonds is 8. The predicted molar refractivity (Wildman–Crippen MR) is 82.2 cm³/mol. The maximum Gasteiger partial charge on any atom is 0.326 e. The molecule has 0 aliphatic carbocycles. The van der Waals surface area contributed by atoms with Crippen molar-refractivity contribution in [2.24, 2.45) is 0 Å². The number of thioether (sulfide) groups is 1. The molecule has 7 heteroatoms. The second kappa shape index (κ2) is 8.86. The fourth-order valence-electron chi connectivity index (χ4n) is 1.41. The Hall–Kier alpha value is -1.21. The van der Waals surface area contributed by atoms with Gasteiger partial charge in [-0.2, -0.15) is 11.8 Å². The van der Waals surface area contributed by atoms with Crippen LogP contribution in [-0.2, 0) is 9.59 Å². The van der Waals surface area contributed by atoms with Crippen molar-refractivity contribution in [1.29, 1.82) is 0 Å². The van der Waals surface area contributed by atoms with Gasteiger partial charge in [-0.25, -0.2) is 4.79 Å². The number of carboxylic acid groups (broad SMARTS) is 1. The third kappa shape index (κ3) is 6.29. The number of carboxylic acids is 1. The van der Waals surface area contributed by atoms with E-state index in [1.54, 1.807) is 24.3 Å². The van der Waals surface area contributed by atoms with Crippen LogP contribution in [0, 0.1) is 0 Å². The lowest BCUT2D eigenvalue weighted by Crippen LogP contribution is -2.43. The molecule has 0 spiro atoms. The van der Waals surface area contributed by atoms with Crippen LogP contribution in [0.2, 0.25) is 0 Å². The first kappa shape index (κ1) is 16.8. The number of halogens is 1. The highest BCUT2D eigenvalue weighted by atomic mass is 79.9. The van der Waals surface area contributed by atoms with Crippen LogP contribution < -0.4 is 10.1 Å². The molecule has 0 saturated heterocycles. The van der Waals surface area contributed by atoms with Crippen LogP contribution in [0.3, 0.4) is 0 Å². The van der Waals surface area contributed by atoms with Gasteiger partial charge in [-0.3, -0.25) is 4.79 Å². The van der Waals surface area contributed by atoms with Gasteiger partial charge >= 0.3 is 5.97 Å². The molecule has 5 nitrogen and oxygen atoms in total. The van der Waals surface area contributed by atoms with Crippen molar-refractivity contribution in [3.05, 3.63) is 28.7 Å². The zero-order valence-electron chi connectivity index (χ0n) is 11.0. The first-order chi connectivity index (χ1) is 9.52. The molecule has 1 amide bonds. The van der Waals surface area contributed by atoms with Gasteiger partial charge in [0.1, 0.15) is 11.8 Å². The molecule has 1 atom stereocenters. The van der Waals surface area contributed by atoms with Crippen LogP contribution in [-0.4, -0.2) is 41.6 Å². The van der Waals surface area contributed by atoms with Gasteiger partial charge < -0.3 is 15.2 Å². The SMILES string of the molecule is CSCC[C@H](NC(=O)COc1ccc(Br)cc1)C(=O)O. The lowest BCUT2D eigenvalue weighted by Gasteiger charge is -2.14. The Morgan fingerprint density at radius 2 is 2.05 bits per heavy atom. The highest BCUT2D eigenvalue weighted by Gasteiger charge is 2.19. The van der Waals surface area contributed by atoms with Crippen molar-refractivity contribution >= 4 is 39.6 Å². The summed E-state index contributed by atoms with van der Waals surface area (Å²) < 4.78 is 6.19. The van der Waals surface area contributed by atoms with Crippen molar-refractivity contribution in [2.75, 3.05) is 18.6 Å². The van der Waals surface area contributed by atoms with Crippen molar-refractivity contribution in [2.45, 2.75) is 12.5 Å². The van der Waals surface area contributed by atoms with E-state index in [1.807, 2.05) is 6.26 Å². The Labute approximate surface area is 130 Å². The van der Waals surface area contributed by atoms with Gasteiger partial charge in [0, 0.05) is 4.47 Å². The maximum atomic E-state index is 11.6. The molecule has 0 unspecified atom stereocenters. The molecule has 0 heterocycles. The number of nitrogens with one attached hydrogen (secondary N) is 1. The molecule has 1 aromatic carbocycles. The third-order valence-electron chi connectivity index (χ3n) is 2.43. The molecule has 2 N–H and O–H groups in total. The minimum absolute atomic E-state index is 0.204. The average molecular weight is 362 g/mol. The summed E-state index contributed by atoms with van der Waals surface area (Å²) in [4.78, 5) is 22.6. The van der Waals surface area contributed by atoms with Crippen LogP contribution in [0.25, 0.3) is 0 Å². The summed E-state index contributed by atoms with van der Waals surface area (Å²) in [6, 6.07) is 6.17. The molecule has 20 heavy (non-hydrogen) atoms. The normalized spacial score (nSPS) is 11.7. The lowest BCUT2D eigenvalue weighted by molar-refractivity contribution is -0.142. The first-order valence-electron chi connectivity index (χ1n) is 5.92. The molecule has 1 rings (SSSR count). The van der Waals surface area contributed by atoms with Gasteiger partial charge in [0.2, 0.25) is 0 Å². The summed E-state index contributed by atoms with van der Waals surface area (Å²) >= 11 is 4.83. The maximum absolute atomic E-state index is 11.6. The number of amides is 1. The van der Waals surface area contributed by atoms with E-state index in [0.29, 0.717) is 17.9 Å². The van der Waals surface area contributed by atoms with E-state index in [9.17, 15) is 9.59 Å². The summed E-state index contributed by atoms with van der Waals surface area (Å²) in [7, 11) is 0. The van der Waals surface area contributed by atoms with Gasteiger partial charge in [0.25, 0.3) is 5.91 Å². The lowest BCUT2D eigenvalue weighted by atomic mass is 10.2. The average Bonchev–Trinajstić information content (AvgIpc) is 2.42. The smallest absolute Gasteiger partial charge is 0.326 e. The number of carbonyl (C=O) groups excluding carboxylic acids is 1. The van der Waals surface area contributed by atoms with E-state index >= 15 is 0 Å². The molecule has 0 aliphatic heterocycles. The van der Waals surface area contributed by atoms with E-state index in [1.165, 1.54) is 11.8 Å². The second-order valence-corrected chi connectivity index (χ2v) is 5.88. The predicted octanol–water partition coefficient (Wildman–Crippen LogP) is 2.15. The van der Waals surface area contributed by atoms with E-state index in [2.05, 4.69) is 21.2 Å². The van der Waals surface area contributed by atoms with Crippen LogP contribution >= 0.6 is 27.7 Å². The number of ether oxygens (including phenoxy) is 1. The summed E-state index contributed by atoms with van der Waals surface area (Å²) in [6.07, 6.45) is 2.28. The van der Waals surface area contributed by atoms with Gasteiger partial charge in [-0.15, -0.1) is 0 Å². The van der Waals surface area contributed by atoms with Crippen molar-refractivity contribution < 1.29 is 19.4 Å². The summed E-state index contributed by atoms with van der Waals surface area (Å²) in [5.41, 5.74) is 0. The molecular formula is C13H16BrNO4S. The molecule has 1 aromatic rings. The second-order valence-electron chi connectivity index (χ2n) is 3.98. The minimum Gasteiger partial charge on any atom is -0.484 e. The van der Waals surface area contributed by atoms with E-state index in [0.717, 1.165) is 4.47 Å². The molecule has 0 bridgehead atoms. The molecule has 110 valence electrons. The van der Waals surface area contributed by atoms with Crippen LogP contribution in [0.5, 0.6) is 5.75 Å². The molecule has 0 aromatic heterocycles. The Balaban J connectivity index is 2.41. The number of aliphatic carboxylic acids is 1. The van der Waals surface area contributed by atoms with Gasteiger partial charge in [-0.05, 0) is 42.7 Å². The highest BCUT2D eigenvalue weighted by Crippen LogP contribution is 2.15. The fourth-order valence-corrected chi connectivity index (χ4v) is 2.14. The fraction of sp³-hybridized carbons (Fsp3) is 0.385. The number of hydrogen-bond donors (Lipinski definition) is 2. The Bertz CT molecular complexity index is 452. The van der Waals surface area contributed by atoms with Gasteiger partial charge in [0.15, 0.2) is 6.61 Å². The Kier molecular flexibility index (Phi) is 7.46. The number of carbonyl (C=O) groups is 2. The van der Waals surface area contributed by atoms with Crippen molar-refractivity contribution in [3.8, 4) is 5.75 Å². The third-order valence-corrected chi connectivity index (χ3v) is 3.60. The van der Waals surface area contributed by atoms with E-state index < -0.39 is 17.9 Å². The summed E-state index contributed by atoms with van der Waals surface area (Å²) in [5.74, 6) is -0.248. The van der Waals surface area contributed by atoms with Gasteiger partial charge in [0.05, 0.1) is 0 Å².